The molecule has 2 N–H and O–H groups in total. The van der Waals surface area contributed by atoms with Gasteiger partial charge in [-0.25, -0.2) is 4.79 Å². The molecule has 0 aliphatic heterocycles. The molecular weight excluding hydrogens is 374 g/mol. The van der Waals surface area contributed by atoms with Gasteiger partial charge in [-0.05, 0) is 53.9 Å². The number of fused-ring (bicyclic) bond motifs is 1. The summed E-state index contributed by atoms with van der Waals surface area (Å²) >= 11 is 5.94. The lowest BCUT2D eigenvalue weighted by Crippen LogP contribution is -2.49. The Morgan fingerprint density at radius 2 is 1.64 bits per heavy atom. The Kier molecular flexibility index (Phi) is 5.52. The molecule has 0 aliphatic rings. The number of benzene rings is 3. The molecule has 4 nitrogen and oxygen atoms in total. The van der Waals surface area contributed by atoms with Gasteiger partial charge in [0, 0.05) is 10.6 Å². The molecule has 0 heterocycles. The minimum absolute atomic E-state index is 0.415. The van der Waals surface area contributed by atoms with Gasteiger partial charge >= 0.3 is 5.97 Å². The lowest BCUT2D eigenvalue weighted by Gasteiger charge is -2.22. The van der Waals surface area contributed by atoms with E-state index in [0.29, 0.717) is 10.6 Å². The largest absolute Gasteiger partial charge is 0.480 e. The minimum Gasteiger partial charge on any atom is -0.480 e. The van der Waals surface area contributed by atoms with E-state index >= 15 is 0 Å². The summed E-state index contributed by atoms with van der Waals surface area (Å²) < 4.78 is 0. The van der Waals surface area contributed by atoms with Crippen molar-refractivity contribution in [3.05, 3.63) is 82.4 Å². The van der Waals surface area contributed by atoms with Gasteiger partial charge in [-0.15, -0.1) is 0 Å². The van der Waals surface area contributed by atoms with E-state index in [1.54, 1.807) is 18.2 Å². The zero-order chi connectivity index (χ0) is 20.3. The number of carbonyl (C=O) groups excluding carboxylic acids is 1. The van der Waals surface area contributed by atoms with Crippen molar-refractivity contribution in [3.63, 3.8) is 0 Å². The number of aliphatic carboxylic acids is 1. The van der Waals surface area contributed by atoms with Crippen LogP contribution in [-0.2, 0) is 4.79 Å². The normalized spacial score (nSPS) is 11.7. The molecule has 3 aromatic carbocycles. The first-order valence-electron chi connectivity index (χ1n) is 8.79. The van der Waals surface area contributed by atoms with Crippen molar-refractivity contribution in [2.75, 3.05) is 0 Å². The van der Waals surface area contributed by atoms with Crippen LogP contribution in [0.5, 0.6) is 0 Å². The van der Waals surface area contributed by atoms with Crippen molar-refractivity contribution in [3.8, 4) is 0 Å². The maximum absolute atomic E-state index is 12.9. The summed E-state index contributed by atoms with van der Waals surface area (Å²) in [4.78, 5) is 24.2. The summed E-state index contributed by atoms with van der Waals surface area (Å²) in [5, 5.41) is 14.5. The van der Waals surface area contributed by atoms with Crippen LogP contribution in [-0.4, -0.2) is 22.5 Å². The Morgan fingerprint density at radius 3 is 2.32 bits per heavy atom. The van der Waals surface area contributed by atoms with Crippen LogP contribution in [0.4, 0.5) is 0 Å². The monoisotopic (exact) mass is 393 g/mol. The average Bonchev–Trinajstić information content (AvgIpc) is 2.66. The molecule has 1 amide bonds. The Balaban J connectivity index is 2.07. The highest BCUT2D eigenvalue weighted by atomic mass is 35.5. The van der Waals surface area contributed by atoms with Crippen LogP contribution in [0.1, 0.15) is 35.3 Å². The molecule has 0 bridgehead atoms. The van der Waals surface area contributed by atoms with Gasteiger partial charge in [-0.1, -0.05) is 66.2 Å². The van der Waals surface area contributed by atoms with Crippen molar-refractivity contribution in [1.29, 1.82) is 0 Å². The standard InChI is InChI=1S/C23H20ClNO3/c1-23(2,22(27)28)25-21(26)20-14-10-16-5-3-4-6-18(16)19(20)13-9-15-7-11-17(24)12-8-15/h3-14H,1-2H3,(H,25,26)(H,27,28). The number of nitrogens with one attached hydrogen (secondary N) is 1. The van der Waals surface area contributed by atoms with Crippen molar-refractivity contribution in [1.82, 2.24) is 5.32 Å². The highest BCUT2D eigenvalue weighted by Gasteiger charge is 2.30. The summed E-state index contributed by atoms with van der Waals surface area (Å²) in [7, 11) is 0. The van der Waals surface area contributed by atoms with Crippen LogP contribution in [0.2, 0.25) is 5.02 Å². The lowest BCUT2D eigenvalue weighted by molar-refractivity contribution is -0.143. The first kappa shape index (κ1) is 19.6. The molecule has 0 fully saturated rings. The lowest BCUT2D eigenvalue weighted by atomic mass is 9.96. The van der Waals surface area contributed by atoms with Crippen LogP contribution in [0.25, 0.3) is 22.9 Å². The molecule has 0 atom stereocenters. The molecule has 142 valence electrons. The summed E-state index contributed by atoms with van der Waals surface area (Å²) in [5.41, 5.74) is 0.708. The maximum Gasteiger partial charge on any atom is 0.328 e. The fraction of sp³-hybridized carbons (Fsp3) is 0.130. The van der Waals surface area contributed by atoms with E-state index in [9.17, 15) is 14.7 Å². The molecular formula is C23H20ClNO3. The van der Waals surface area contributed by atoms with E-state index in [2.05, 4.69) is 5.32 Å². The third-order valence-electron chi connectivity index (χ3n) is 4.49. The summed E-state index contributed by atoms with van der Waals surface area (Å²) in [6.07, 6.45) is 3.77. The van der Waals surface area contributed by atoms with Crippen LogP contribution in [0, 0.1) is 0 Å². The van der Waals surface area contributed by atoms with Crippen molar-refractivity contribution >= 4 is 46.4 Å². The number of rotatable bonds is 5. The summed E-state index contributed by atoms with van der Waals surface area (Å²) in [5.74, 6) is -1.53. The van der Waals surface area contributed by atoms with Gasteiger partial charge in [0.1, 0.15) is 5.54 Å². The van der Waals surface area contributed by atoms with E-state index in [-0.39, 0.29) is 0 Å². The molecule has 0 saturated carbocycles. The third kappa shape index (κ3) is 4.24. The molecule has 28 heavy (non-hydrogen) atoms. The predicted molar refractivity (Wildman–Crippen MR) is 114 cm³/mol. The van der Waals surface area contributed by atoms with Gasteiger partial charge < -0.3 is 10.4 Å². The Hall–Kier alpha value is -3.11. The van der Waals surface area contributed by atoms with E-state index in [0.717, 1.165) is 21.9 Å². The van der Waals surface area contributed by atoms with E-state index in [1.165, 1.54) is 13.8 Å². The molecule has 0 aromatic heterocycles. The number of hydrogen-bond donors (Lipinski definition) is 2. The molecule has 0 spiro atoms. The quantitative estimate of drug-likeness (QED) is 0.581. The number of hydrogen-bond acceptors (Lipinski definition) is 2. The second-order valence-electron chi connectivity index (χ2n) is 7.02. The smallest absolute Gasteiger partial charge is 0.328 e. The second-order valence-corrected chi connectivity index (χ2v) is 7.45. The topological polar surface area (TPSA) is 66.4 Å². The highest BCUT2D eigenvalue weighted by Crippen LogP contribution is 2.25. The molecule has 0 saturated heterocycles. The van der Waals surface area contributed by atoms with Gasteiger partial charge in [0.15, 0.2) is 0 Å². The summed E-state index contributed by atoms with van der Waals surface area (Å²) in [6, 6.07) is 18.7. The fourth-order valence-electron chi connectivity index (χ4n) is 2.83. The molecule has 3 rings (SSSR count). The van der Waals surface area contributed by atoms with E-state index < -0.39 is 17.4 Å². The molecule has 0 aliphatic carbocycles. The second kappa shape index (κ2) is 7.87. The Labute approximate surface area is 168 Å². The third-order valence-corrected chi connectivity index (χ3v) is 4.74. The van der Waals surface area contributed by atoms with Gasteiger partial charge in [0.05, 0.1) is 0 Å². The Morgan fingerprint density at radius 1 is 0.964 bits per heavy atom. The average molecular weight is 394 g/mol. The van der Waals surface area contributed by atoms with E-state index in [1.807, 2.05) is 54.6 Å². The van der Waals surface area contributed by atoms with E-state index in [4.69, 9.17) is 11.6 Å². The minimum atomic E-state index is -1.38. The fourth-order valence-corrected chi connectivity index (χ4v) is 2.96. The predicted octanol–water partition coefficient (Wildman–Crippen LogP) is 5.26. The number of carbonyl (C=O) groups is 2. The zero-order valence-electron chi connectivity index (χ0n) is 15.6. The number of amides is 1. The molecule has 5 heteroatoms. The van der Waals surface area contributed by atoms with Crippen molar-refractivity contribution in [2.45, 2.75) is 19.4 Å². The molecule has 0 unspecified atom stereocenters. The summed E-state index contributed by atoms with van der Waals surface area (Å²) in [6.45, 7) is 2.91. The van der Waals surface area contributed by atoms with Crippen molar-refractivity contribution < 1.29 is 14.7 Å². The first-order valence-corrected chi connectivity index (χ1v) is 9.17. The number of carboxylic acid groups (broad SMARTS) is 1. The Bertz CT molecular complexity index is 1070. The maximum atomic E-state index is 12.9. The SMILES string of the molecule is CC(C)(NC(=O)c1ccc2ccccc2c1C=Cc1ccc(Cl)cc1)C(=O)O. The van der Waals surface area contributed by atoms with Gasteiger partial charge in [-0.3, -0.25) is 4.79 Å². The van der Waals surface area contributed by atoms with Crippen LogP contribution in [0.15, 0.2) is 60.7 Å². The van der Waals surface area contributed by atoms with Gasteiger partial charge in [0.2, 0.25) is 0 Å². The first-order chi connectivity index (χ1) is 13.3. The number of halogens is 1. The highest BCUT2D eigenvalue weighted by molar-refractivity contribution is 6.30. The van der Waals surface area contributed by atoms with Gasteiger partial charge in [-0.2, -0.15) is 0 Å². The molecule has 3 aromatic rings. The van der Waals surface area contributed by atoms with Crippen molar-refractivity contribution in [2.24, 2.45) is 0 Å². The van der Waals surface area contributed by atoms with Crippen LogP contribution >= 0.6 is 11.6 Å². The van der Waals surface area contributed by atoms with Crippen LogP contribution in [0.3, 0.4) is 0 Å². The number of carboxylic acids is 1. The van der Waals surface area contributed by atoms with Crippen LogP contribution < -0.4 is 5.32 Å². The zero-order valence-corrected chi connectivity index (χ0v) is 16.3. The molecule has 0 radical (unpaired) electrons. The van der Waals surface area contributed by atoms with Gasteiger partial charge in [0.25, 0.3) is 5.91 Å².